The van der Waals surface area contributed by atoms with Gasteiger partial charge in [0, 0.05) is 72.4 Å². The van der Waals surface area contributed by atoms with Gasteiger partial charge in [-0.2, -0.15) is 0 Å². The molecule has 13 rings (SSSR count). The van der Waals surface area contributed by atoms with Crippen molar-refractivity contribution in [1.82, 2.24) is 0 Å². The van der Waals surface area contributed by atoms with Crippen molar-refractivity contribution in [2.45, 2.75) is 52.4 Å². The summed E-state index contributed by atoms with van der Waals surface area (Å²) in [6, 6.07) is 57.7. The van der Waals surface area contributed by atoms with Crippen molar-refractivity contribution >= 4 is 101 Å². The number of fused-ring (bicyclic) bond motifs is 12. The van der Waals surface area contributed by atoms with Crippen LogP contribution in [0.25, 0.3) is 77.1 Å². The summed E-state index contributed by atoms with van der Waals surface area (Å²) >= 11 is 0. The molecule has 0 bridgehead atoms. The van der Waals surface area contributed by atoms with Crippen LogP contribution < -0.4 is 20.6 Å². The van der Waals surface area contributed by atoms with E-state index in [2.05, 4.69) is 203 Å². The van der Waals surface area contributed by atoms with E-state index < -0.39 is 0 Å². The lowest BCUT2D eigenvalue weighted by atomic mass is 9.43. The summed E-state index contributed by atoms with van der Waals surface area (Å²) in [5.74, 6) is 0. The van der Waals surface area contributed by atoms with Gasteiger partial charge in [-0.15, -0.1) is 0 Å². The van der Waals surface area contributed by atoms with Crippen LogP contribution in [-0.4, -0.2) is 6.85 Å². The molecule has 0 spiro atoms. The maximum Gasteiger partial charge on any atom is 0.333 e. The van der Waals surface area contributed by atoms with Crippen LogP contribution in [0.15, 0.2) is 177 Å². The van der Waals surface area contributed by atoms with Gasteiger partial charge in [-0.25, -0.2) is 0 Å². The third-order valence-electron chi connectivity index (χ3n) is 13.8. The van der Waals surface area contributed by atoms with Gasteiger partial charge < -0.3 is 23.0 Å². The fourth-order valence-electron chi connectivity index (χ4n) is 10.6. The number of hydrogen-bond acceptors (Lipinski definition) is 5. The smallest absolute Gasteiger partial charge is 0.333 e. The Kier molecular flexibility index (Phi) is 7.58. The number of hydrogen-bond donors (Lipinski definition) is 0. The number of para-hydroxylation sites is 2. The summed E-state index contributed by atoms with van der Waals surface area (Å²) in [6.07, 6.45) is 1.81. The molecule has 0 unspecified atom stereocenters. The fourth-order valence-corrected chi connectivity index (χ4v) is 10.6. The highest BCUT2D eigenvalue weighted by Crippen LogP contribution is 2.53. The van der Waals surface area contributed by atoms with Crippen LogP contribution in [0, 0.1) is 0 Å². The molecule has 0 saturated heterocycles. The summed E-state index contributed by atoms with van der Waals surface area (Å²) in [6.45, 7) is 13.4. The Hall–Kier alpha value is -7.44. The molecule has 0 radical (unpaired) electrons. The van der Waals surface area contributed by atoms with Crippen LogP contribution in [0.3, 0.4) is 0 Å². The fraction of sp³-hybridized carbons (Fsp3) is 0.138. The van der Waals surface area contributed by atoms with Crippen LogP contribution in [0.5, 0.6) is 0 Å². The predicted octanol–water partition coefficient (Wildman–Crippen LogP) is 15.2. The highest BCUT2D eigenvalue weighted by Gasteiger charge is 2.47. The van der Waals surface area contributed by atoms with E-state index in [1.165, 1.54) is 27.7 Å². The van der Waals surface area contributed by atoms with Gasteiger partial charge in [0.25, 0.3) is 0 Å². The molecule has 0 fully saturated rings. The van der Waals surface area contributed by atoms with Crippen molar-refractivity contribution in [3.63, 3.8) is 0 Å². The number of anilines is 5. The first-order valence-corrected chi connectivity index (χ1v) is 22.3. The van der Waals surface area contributed by atoms with Gasteiger partial charge in [-0.1, -0.05) is 126 Å². The van der Waals surface area contributed by atoms with Gasteiger partial charge in [-0.05, 0) is 105 Å². The largest absolute Gasteiger partial charge is 0.464 e. The molecule has 0 amide bonds. The first-order valence-electron chi connectivity index (χ1n) is 22.3. The zero-order valence-corrected chi connectivity index (χ0v) is 36.8. The SMILES string of the molecule is CC(C)(C)c1ccc(N2B3c4cc5occc5cc4N(c4ccc(C(C)(C)C)cc4-c4ccccc4)c4cc5c(oc6ccccc65)c(c43)-c3cc4c(cc32)oc2ccccc24)cc1. The summed E-state index contributed by atoms with van der Waals surface area (Å²) in [4.78, 5) is 5.07. The highest BCUT2D eigenvalue weighted by atomic mass is 16.3. The van der Waals surface area contributed by atoms with Crippen LogP contribution in [-0.2, 0) is 10.8 Å². The molecule has 0 N–H and O–H groups in total. The maximum atomic E-state index is 7.11. The monoisotopic (exact) mass is 828 g/mol. The van der Waals surface area contributed by atoms with E-state index in [0.717, 1.165) is 99.9 Å². The van der Waals surface area contributed by atoms with Gasteiger partial charge in [-0.3, -0.25) is 0 Å². The molecular weight excluding hydrogens is 783 g/mol. The number of nitrogens with zero attached hydrogens (tertiary/aromatic N) is 2. The van der Waals surface area contributed by atoms with Crippen LogP contribution >= 0.6 is 0 Å². The number of benzene rings is 8. The molecular formula is C58H45BN2O3. The third kappa shape index (κ3) is 5.32. The lowest BCUT2D eigenvalue weighted by Crippen LogP contribution is -2.61. The molecule has 5 nitrogen and oxygen atoms in total. The molecule has 0 atom stereocenters. The van der Waals surface area contributed by atoms with Gasteiger partial charge >= 0.3 is 6.85 Å². The lowest BCUT2D eigenvalue weighted by molar-refractivity contribution is 0.590. The normalized spacial score (nSPS) is 13.7. The quantitative estimate of drug-likeness (QED) is 0.166. The minimum atomic E-state index is -0.271. The minimum Gasteiger partial charge on any atom is -0.464 e. The van der Waals surface area contributed by atoms with Crippen molar-refractivity contribution in [1.29, 1.82) is 0 Å². The standard InChI is InChI=1S/C58H45BN2O3/c1-57(2,3)36-20-23-38(24-21-36)61-47-33-53-42(39-16-10-12-18-50(39)63-53)30-44(47)54-55-49(31-43-40-17-11-13-19-51(40)64-56(43)54)60(48-28-35-26-27-62-52(35)32-45(48)59(55)61)46-25-22-37(58(4,5)6)29-41(46)34-14-8-7-9-15-34/h7-33H,1-6H3. The maximum absolute atomic E-state index is 7.11. The second-order valence-corrected chi connectivity index (χ2v) is 19.7. The van der Waals surface area contributed by atoms with E-state index >= 15 is 0 Å². The molecule has 64 heavy (non-hydrogen) atoms. The first-order chi connectivity index (χ1) is 31.0. The Balaban J connectivity index is 1.22. The highest BCUT2D eigenvalue weighted by molar-refractivity contribution is 6.94. The molecule has 3 aromatic heterocycles. The van der Waals surface area contributed by atoms with Crippen molar-refractivity contribution in [2.75, 3.05) is 9.71 Å². The van der Waals surface area contributed by atoms with E-state index in [-0.39, 0.29) is 17.7 Å². The molecule has 6 heteroatoms. The van der Waals surface area contributed by atoms with E-state index in [1.54, 1.807) is 0 Å². The zero-order valence-electron chi connectivity index (χ0n) is 36.8. The van der Waals surface area contributed by atoms with Crippen LogP contribution in [0.4, 0.5) is 28.4 Å². The minimum absolute atomic E-state index is 0.00667. The third-order valence-corrected chi connectivity index (χ3v) is 13.8. The Bertz CT molecular complexity index is 3710. The van der Waals surface area contributed by atoms with Gasteiger partial charge in [0.1, 0.15) is 27.9 Å². The molecule has 11 aromatic rings. The van der Waals surface area contributed by atoms with Crippen molar-refractivity contribution < 1.29 is 13.3 Å². The second-order valence-electron chi connectivity index (χ2n) is 19.7. The molecule has 2 aliphatic heterocycles. The van der Waals surface area contributed by atoms with E-state index in [0.29, 0.717) is 0 Å². The first kappa shape index (κ1) is 37.1. The van der Waals surface area contributed by atoms with E-state index in [4.69, 9.17) is 13.3 Å². The molecule has 0 aliphatic carbocycles. The molecule has 2 aliphatic rings. The number of rotatable bonds is 3. The van der Waals surface area contributed by atoms with Gasteiger partial charge in [0.15, 0.2) is 0 Å². The van der Waals surface area contributed by atoms with Crippen molar-refractivity contribution in [3.05, 3.63) is 175 Å². The number of furan rings is 3. The van der Waals surface area contributed by atoms with Gasteiger partial charge in [0.2, 0.25) is 0 Å². The van der Waals surface area contributed by atoms with Crippen LogP contribution in [0.2, 0.25) is 0 Å². The Labute approximate surface area is 372 Å². The zero-order chi connectivity index (χ0) is 43.2. The predicted molar refractivity (Wildman–Crippen MR) is 267 cm³/mol. The van der Waals surface area contributed by atoms with Gasteiger partial charge in [0.05, 0.1) is 12.0 Å². The lowest BCUT2D eigenvalue weighted by Gasteiger charge is -2.46. The Morgan fingerprint density at radius 1 is 0.469 bits per heavy atom. The second kappa shape index (κ2) is 13.1. The summed E-state index contributed by atoms with van der Waals surface area (Å²) < 4.78 is 20.1. The van der Waals surface area contributed by atoms with E-state index in [1.807, 2.05) is 12.3 Å². The summed E-state index contributed by atoms with van der Waals surface area (Å²) in [5, 5.41) is 5.39. The molecule has 5 heterocycles. The summed E-state index contributed by atoms with van der Waals surface area (Å²) in [5.41, 5.74) is 19.2. The molecule has 308 valence electrons. The van der Waals surface area contributed by atoms with Crippen LogP contribution in [0.1, 0.15) is 52.7 Å². The molecule has 8 aromatic carbocycles. The van der Waals surface area contributed by atoms with Crippen molar-refractivity contribution in [3.8, 4) is 22.3 Å². The molecule has 0 saturated carbocycles. The Morgan fingerprint density at radius 2 is 1.16 bits per heavy atom. The Morgan fingerprint density at radius 3 is 1.91 bits per heavy atom. The van der Waals surface area contributed by atoms with E-state index in [9.17, 15) is 0 Å². The topological polar surface area (TPSA) is 45.9 Å². The average Bonchev–Trinajstić information content (AvgIpc) is 4.02. The van der Waals surface area contributed by atoms with Crippen molar-refractivity contribution in [2.24, 2.45) is 0 Å². The summed E-state index contributed by atoms with van der Waals surface area (Å²) in [7, 11) is 0. The average molecular weight is 829 g/mol.